The molecule has 0 saturated carbocycles. The number of hydrogen-bond donors (Lipinski definition) is 1. The molecule has 0 unspecified atom stereocenters. The normalized spacial score (nSPS) is 24.9. The number of hydrogen-bond acceptors (Lipinski definition) is 6. The molecule has 0 spiro atoms. The van der Waals surface area contributed by atoms with Crippen LogP contribution in [-0.2, 0) is 25.4 Å². The SMILES string of the molecule is CO[C@H]1[C@H](N(C)C(=O)Cc2nc(C(C)C)n[nH]2)COC[C@H]1OC. The van der Waals surface area contributed by atoms with E-state index in [1.807, 2.05) is 13.8 Å². The topological polar surface area (TPSA) is 89.6 Å². The Hall–Kier alpha value is -1.51. The molecule has 1 saturated heterocycles. The number of H-pyrrole nitrogens is 1. The maximum atomic E-state index is 12.5. The summed E-state index contributed by atoms with van der Waals surface area (Å²) in [7, 11) is 4.99. The lowest BCUT2D eigenvalue weighted by Crippen LogP contribution is -2.57. The number of ether oxygens (including phenoxy) is 3. The van der Waals surface area contributed by atoms with Crippen molar-refractivity contribution in [3.05, 3.63) is 11.6 Å². The van der Waals surface area contributed by atoms with E-state index in [4.69, 9.17) is 14.2 Å². The third-order valence-electron chi connectivity index (χ3n) is 4.17. The van der Waals surface area contributed by atoms with Crippen LogP contribution < -0.4 is 0 Å². The molecule has 1 aromatic rings. The lowest BCUT2D eigenvalue weighted by Gasteiger charge is -2.40. The first kappa shape index (κ1) is 17.8. The number of carbonyl (C=O) groups excluding carboxylic acids is 1. The Labute approximate surface area is 136 Å². The van der Waals surface area contributed by atoms with Gasteiger partial charge in [0.05, 0.1) is 25.7 Å². The molecule has 130 valence electrons. The Morgan fingerprint density at radius 3 is 2.70 bits per heavy atom. The lowest BCUT2D eigenvalue weighted by atomic mass is 10.0. The van der Waals surface area contributed by atoms with Gasteiger partial charge in [-0.3, -0.25) is 9.89 Å². The molecule has 2 heterocycles. The van der Waals surface area contributed by atoms with Gasteiger partial charge in [-0.1, -0.05) is 13.8 Å². The Morgan fingerprint density at radius 2 is 2.13 bits per heavy atom. The minimum absolute atomic E-state index is 0.0659. The summed E-state index contributed by atoms with van der Waals surface area (Å²) in [5, 5.41) is 6.95. The van der Waals surface area contributed by atoms with Gasteiger partial charge in [0, 0.05) is 27.2 Å². The number of rotatable bonds is 6. The number of nitrogens with zero attached hydrogens (tertiary/aromatic N) is 3. The highest BCUT2D eigenvalue weighted by atomic mass is 16.6. The summed E-state index contributed by atoms with van der Waals surface area (Å²) in [6.07, 6.45) is -0.240. The zero-order valence-electron chi connectivity index (χ0n) is 14.4. The van der Waals surface area contributed by atoms with Crippen LogP contribution in [0.1, 0.15) is 31.4 Å². The van der Waals surface area contributed by atoms with E-state index >= 15 is 0 Å². The van der Waals surface area contributed by atoms with Crippen LogP contribution in [0.3, 0.4) is 0 Å². The first-order valence-electron chi connectivity index (χ1n) is 7.78. The van der Waals surface area contributed by atoms with Gasteiger partial charge in [0.1, 0.15) is 18.0 Å². The summed E-state index contributed by atoms with van der Waals surface area (Å²) in [5.41, 5.74) is 0. The van der Waals surface area contributed by atoms with E-state index < -0.39 is 0 Å². The predicted molar refractivity (Wildman–Crippen MR) is 83.1 cm³/mol. The van der Waals surface area contributed by atoms with E-state index in [-0.39, 0.29) is 36.5 Å². The molecule has 1 aliphatic heterocycles. The number of carbonyl (C=O) groups is 1. The van der Waals surface area contributed by atoms with Crippen molar-refractivity contribution in [1.29, 1.82) is 0 Å². The van der Waals surface area contributed by atoms with E-state index in [0.717, 1.165) is 0 Å². The van der Waals surface area contributed by atoms with Gasteiger partial charge in [0.15, 0.2) is 5.82 Å². The fourth-order valence-corrected chi connectivity index (χ4v) is 2.69. The fraction of sp³-hybridized carbons (Fsp3) is 0.800. The maximum absolute atomic E-state index is 12.5. The van der Waals surface area contributed by atoms with E-state index in [9.17, 15) is 4.79 Å². The second-order valence-electron chi connectivity index (χ2n) is 6.06. The van der Waals surface area contributed by atoms with Crippen molar-refractivity contribution in [3.63, 3.8) is 0 Å². The van der Waals surface area contributed by atoms with E-state index in [1.165, 1.54) is 0 Å². The molecule has 1 aliphatic rings. The monoisotopic (exact) mass is 326 g/mol. The summed E-state index contributed by atoms with van der Waals surface area (Å²) in [4.78, 5) is 18.5. The minimum atomic E-state index is -0.219. The van der Waals surface area contributed by atoms with Gasteiger partial charge in [-0.25, -0.2) is 4.98 Å². The molecule has 1 N–H and O–H groups in total. The first-order valence-corrected chi connectivity index (χ1v) is 7.78. The van der Waals surface area contributed by atoms with Gasteiger partial charge in [-0.2, -0.15) is 5.10 Å². The van der Waals surface area contributed by atoms with Gasteiger partial charge < -0.3 is 19.1 Å². The van der Waals surface area contributed by atoms with Crippen molar-refractivity contribution >= 4 is 5.91 Å². The number of nitrogens with one attached hydrogen (secondary N) is 1. The summed E-state index contributed by atoms with van der Waals surface area (Å²) in [5.74, 6) is 1.44. The van der Waals surface area contributed by atoms with Crippen LogP contribution in [0.4, 0.5) is 0 Å². The molecule has 1 aromatic heterocycles. The number of aromatic nitrogens is 3. The van der Waals surface area contributed by atoms with Gasteiger partial charge in [0.2, 0.25) is 5.91 Å². The molecule has 8 nitrogen and oxygen atoms in total. The third kappa shape index (κ3) is 4.07. The smallest absolute Gasteiger partial charge is 0.230 e. The highest BCUT2D eigenvalue weighted by Crippen LogP contribution is 2.19. The molecule has 1 fully saturated rings. The summed E-state index contributed by atoms with van der Waals surface area (Å²) in [6.45, 7) is 4.91. The fourth-order valence-electron chi connectivity index (χ4n) is 2.69. The molecule has 1 amide bonds. The molecule has 0 aliphatic carbocycles. The molecule has 2 rings (SSSR count). The quantitative estimate of drug-likeness (QED) is 0.812. The highest BCUT2D eigenvalue weighted by Gasteiger charge is 2.38. The number of amides is 1. The van der Waals surface area contributed by atoms with E-state index in [0.29, 0.717) is 24.9 Å². The maximum Gasteiger partial charge on any atom is 0.230 e. The largest absolute Gasteiger partial charge is 0.376 e. The van der Waals surface area contributed by atoms with Crippen LogP contribution in [0, 0.1) is 0 Å². The van der Waals surface area contributed by atoms with Crippen LogP contribution in [0.5, 0.6) is 0 Å². The second kappa shape index (κ2) is 7.85. The second-order valence-corrected chi connectivity index (χ2v) is 6.06. The Balaban J connectivity index is 2.02. The van der Waals surface area contributed by atoms with Crippen molar-refractivity contribution < 1.29 is 19.0 Å². The van der Waals surface area contributed by atoms with Crippen LogP contribution in [0.15, 0.2) is 0 Å². The van der Waals surface area contributed by atoms with Crippen LogP contribution in [0.2, 0.25) is 0 Å². The van der Waals surface area contributed by atoms with Crippen LogP contribution in [0.25, 0.3) is 0 Å². The van der Waals surface area contributed by atoms with Gasteiger partial charge >= 0.3 is 0 Å². The third-order valence-corrected chi connectivity index (χ3v) is 4.17. The standard InChI is InChI=1S/C15H26N4O4/c1-9(2)15-16-12(17-18-15)6-13(20)19(3)10-7-23-8-11(21-4)14(10)22-5/h9-11,14H,6-8H2,1-5H3,(H,16,17,18)/t10-,11-,14+/m1/s1. The predicted octanol–water partition coefficient (Wildman–Crippen LogP) is 0.358. The van der Waals surface area contributed by atoms with Gasteiger partial charge in [-0.15, -0.1) is 0 Å². The number of likely N-dealkylation sites (N-methyl/N-ethyl adjacent to an activating group) is 1. The molecule has 3 atom stereocenters. The molecular formula is C15H26N4O4. The van der Waals surface area contributed by atoms with Crippen molar-refractivity contribution in [2.75, 3.05) is 34.5 Å². The minimum Gasteiger partial charge on any atom is -0.376 e. The molecule has 0 radical (unpaired) electrons. The lowest BCUT2D eigenvalue weighted by molar-refractivity contribution is -0.164. The summed E-state index contributed by atoms with van der Waals surface area (Å²) >= 11 is 0. The van der Waals surface area contributed by atoms with E-state index in [1.54, 1.807) is 26.2 Å². The Morgan fingerprint density at radius 1 is 1.39 bits per heavy atom. The summed E-state index contributed by atoms with van der Waals surface area (Å²) < 4.78 is 16.5. The zero-order valence-corrected chi connectivity index (χ0v) is 14.4. The molecule has 23 heavy (non-hydrogen) atoms. The first-order chi connectivity index (χ1) is 11.0. The molecule has 8 heteroatoms. The van der Waals surface area contributed by atoms with Crippen molar-refractivity contribution in [2.24, 2.45) is 0 Å². The number of methoxy groups -OCH3 is 2. The molecular weight excluding hydrogens is 300 g/mol. The van der Waals surface area contributed by atoms with Gasteiger partial charge in [-0.05, 0) is 0 Å². The van der Waals surface area contributed by atoms with Crippen LogP contribution in [-0.4, -0.2) is 78.7 Å². The zero-order chi connectivity index (χ0) is 17.0. The van der Waals surface area contributed by atoms with Crippen molar-refractivity contribution in [2.45, 2.75) is 44.4 Å². The van der Waals surface area contributed by atoms with Crippen molar-refractivity contribution in [3.8, 4) is 0 Å². The Kier molecular flexibility index (Phi) is 6.09. The average molecular weight is 326 g/mol. The van der Waals surface area contributed by atoms with Crippen molar-refractivity contribution in [1.82, 2.24) is 20.1 Å². The van der Waals surface area contributed by atoms with E-state index in [2.05, 4.69) is 15.2 Å². The summed E-state index contributed by atoms with van der Waals surface area (Å²) in [6, 6.07) is -0.196. The molecule has 0 aromatic carbocycles. The van der Waals surface area contributed by atoms with Crippen LogP contribution >= 0.6 is 0 Å². The molecule has 0 bridgehead atoms. The number of aromatic amines is 1. The average Bonchev–Trinajstić information content (AvgIpc) is 3.01. The highest BCUT2D eigenvalue weighted by molar-refractivity contribution is 5.78. The van der Waals surface area contributed by atoms with Gasteiger partial charge in [0.25, 0.3) is 0 Å². The Bertz CT molecular complexity index is 519.